The lowest BCUT2D eigenvalue weighted by atomic mass is 10.2. The number of nitrogens with zero attached hydrogens (tertiary/aromatic N) is 2. The minimum Gasteiger partial charge on any atom is -0.467 e. The van der Waals surface area contributed by atoms with E-state index in [1.807, 2.05) is 0 Å². The second-order valence-corrected chi connectivity index (χ2v) is 3.62. The van der Waals surface area contributed by atoms with Crippen molar-refractivity contribution in [2.75, 3.05) is 18.6 Å². The van der Waals surface area contributed by atoms with Gasteiger partial charge in [-0.2, -0.15) is 0 Å². The Morgan fingerprint density at radius 2 is 2.50 bits per heavy atom. The molecule has 0 aromatic carbocycles. The largest absolute Gasteiger partial charge is 0.467 e. The zero-order chi connectivity index (χ0) is 11.5. The summed E-state index contributed by atoms with van der Waals surface area (Å²) in [5, 5.41) is 0. The second-order valence-electron chi connectivity index (χ2n) is 3.62. The van der Waals surface area contributed by atoms with E-state index in [0.29, 0.717) is 13.0 Å². The number of rotatable bonds is 2. The summed E-state index contributed by atoms with van der Waals surface area (Å²) in [5.74, 6) is -0.0297. The third-order valence-corrected chi connectivity index (χ3v) is 2.69. The fourth-order valence-electron chi connectivity index (χ4n) is 1.95. The van der Waals surface area contributed by atoms with Crippen molar-refractivity contribution in [2.24, 2.45) is 0 Å². The SMILES string of the molecule is COC(=O)C1CCCN1c1ncc[nH]c1=O. The molecule has 1 atom stereocenters. The van der Waals surface area contributed by atoms with E-state index in [-0.39, 0.29) is 23.4 Å². The Morgan fingerprint density at radius 1 is 1.69 bits per heavy atom. The van der Waals surface area contributed by atoms with Gasteiger partial charge in [-0.15, -0.1) is 0 Å². The Bertz CT molecular complexity index is 443. The van der Waals surface area contributed by atoms with Crippen LogP contribution in [0.15, 0.2) is 17.2 Å². The molecule has 1 aliphatic heterocycles. The van der Waals surface area contributed by atoms with Crippen LogP contribution < -0.4 is 10.5 Å². The highest BCUT2D eigenvalue weighted by atomic mass is 16.5. The predicted molar refractivity (Wildman–Crippen MR) is 57.2 cm³/mol. The number of H-pyrrole nitrogens is 1. The molecule has 1 unspecified atom stereocenters. The highest BCUT2D eigenvalue weighted by Gasteiger charge is 2.33. The molecule has 6 nitrogen and oxygen atoms in total. The van der Waals surface area contributed by atoms with Gasteiger partial charge in [0.05, 0.1) is 7.11 Å². The molecule has 0 saturated carbocycles. The first-order valence-corrected chi connectivity index (χ1v) is 5.12. The summed E-state index contributed by atoms with van der Waals surface area (Å²) in [6, 6.07) is -0.388. The zero-order valence-electron chi connectivity index (χ0n) is 8.97. The molecule has 1 N–H and O–H groups in total. The number of aromatic nitrogens is 2. The molecule has 0 bridgehead atoms. The van der Waals surface area contributed by atoms with E-state index in [4.69, 9.17) is 4.74 Å². The smallest absolute Gasteiger partial charge is 0.328 e. The van der Waals surface area contributed by atoms with Gasteiger partial charge in [-0.3, -0.25) is 4.79 Å². The van der Waals surface area contributed by atoms with Crippen LogP contribution >= 0.6 is 0 Å². The highest BCUT2D eigenvalue weighted by molar-refractivity contribution is 5.80. The van der Waals surface area contributed by atoms with Crippen LogP contribution in [0.1, 0.15) is 12.8 Å². The number of ether oxygens (including phenoxy) is 1. The van der Waals surface area contributed by atoms with Crippen LogP contribution in [-0.4, -0.2) is 35.6 Å². The molecule has 0 spiro atoms. The van der Waals surface area contributed by atoms with Crippen molar-refractivity contribution >= 4 is 11.8 Å². The number of aromatic amines is 1. The first-order valence-electron chi connectivity index (χ1n) is 5.12. The van der Waals surface area contributed by atoms with Crippen molar-refractivity contribution in [1.82, 2.24) is 9.97 Å². The van der Waals surface area contributed by atoms with Crippen molar-refractivity contribution in [1.29, 1.82) is 0 Å². The van der Waals surface area contributed by atoms with Crippen LogP contribution in [0.4, 0.5) is 5.82 Å². The summed E-state index contributed by atoms with van der Waals surface area (Å²) in [7, 11) is 1.35. The van der Waals surface area contributed by atoms with Gasteiger partial charge in [-0.25, -0.2) is 9.78 Å². The van der Waals surface area contributed by atoms with Crippen LogP contribution in [0.25, 0.3) is 0 Å². The number of esters is 1. The van der Waals surface area contributed by atoms with Gasteiger partial charge in [-0.1, -0.05) is 0 Å². The number of anilines is 1. The van der Waals surface area contributed by atoms with Crippen molar-refractivity contribution in [2.45, 2.75) is 18.9 Å². The van der Waals surface area contributed by atoms with Crippen LogP contribution in [0, 0.1) is 0 Å². The van der Waals surface area contributed by atoms with Gasteiger partial charge in [-0.05, 0) is 12.8 Å². The van der Waals surface area contributed by atoms with Gasteiger partial charge in [0.1, 0.15) is 6.04 Å². The molecule has 1 fully saturated rings. The molecule has 1 saturated heterocycles. The summed E-state index contributed by atoms with van der Waals surface area (Å²) < 4.78 is 4.71. The van der Waals surface area contributed by atoms with E-state index >= 15 is 0 Å². The maximum absolute atomic E-state index is 11.6. The number of nitrogens with one attached hydrogen (secondary N) is 1. The van der Waals surface area contributed by atoms with Gasteiger partial charge >= 0.3 is 5.97 Å². The van der Waals surface area contributed by atoms with Crippen LogP contribution in [0.5, 0.6) is 0 Å². The lowest BCUT2D eigenvalue weighted by Gasteiger charge is -2.22. The fourth-order valence-corrected chi connectivity index (χ4v) is 1.95. The topological polar surface area (TPSA) is 75.3 Å². The van der Waals surface area contributed by atoms with Crippen molar-refractivity contribution in [3.05, 3.63) is 22.7 Å². The Labute approximate surface area is 92.3 Å². The first-order chi connectivity index (χ1) is 7.74. The molecule has 1 aromatic heterocycles. The molecular formula is C10H13N3O3. The minimum atomic E-state index is -0.388. The van der Waals surface area contributed by atoms with E-state index in [2.05, 4.69) is 9.97 Å². The monoisotopic (exact) mass is 223 g/mol. The highest BCUT2D eigenvalue weighted by Crippen LogP contribution is 2.21. The molecular weight excluding hydrogens is 210 g/mol. The van der Waals surface area contributed by atoms with Gasteiger partial charge in [0.25, 0.3) is 5.56 Å². The average Bonchev–Trinajstić information content (AvgIpc) is 2.77. The van der Waals surface area contributed by atoms with E-state index in [0.717, 1.165) is 6.42 Å². The third-order valence-electron chi connectivity index (χ3n) is 2.69. The van der Waals surface area contributed by atoms with E-state index in [1.54, 1.807) is 4.90 Å². The molecule has 6 heteroatoms. The molecule has 0 amide bonds. The van der Waals surface area contributed by atoms with E-state index in [9.17, 15) is 9.59 Å². The Hall–Kier alpha value is -1.85. The number of carbonyl (C=O) groups excluding carboxylic acids is 1. The number of hydrogen-bond donors (Lipinski definition) is 1. The molecule has 0 aliphatic carbocycles. The molecule has 1 aromatic rings. The number of carbonyl (C=O) groups is 1. The Kier molecular flexibility index (Phi) is 2.89. The van der Waals surface area contributed by atoms with Gasteiger partial charge in [0.2, 0.25) is 0 Å². The first kappa shape index (κ1) is 10.7. The van der Waals surface area contributed by atoms with Crippen molar-refractivity contribution < 1.29 is 9.53 Å². The summed E-state index contributed by atoms with van der Waals surface area (Å²) in [4.78, 5) is 31.3. The van der Waals surface area contributed by atoms with Crippen molar-refractivity contribution in [3.63, 3.8) is 0 Å². The lowest BCUT2D eigenvalue weighted by Crippen LogP contribution is -2.40. The standard InChI is InChI=1S/C10H13N3O3/c1-16-10(15)7-3-2-6-13(7)8-9(14)12-5-4-11-8/h4-5,7H,2-3,6H2,1H3,(H,12,14). The third kappa shape index (κ3) is 1.78. The number of methoxy groups -OCH3 is 1. The number of hydrogen-bond acceptors (Lipinski definition) is 5. The quantitative estimate of drug-likeness (QED) is 0.709. The normalized spacial score (nSPS) is 19.8. The maximum Gasteiger partial charge on any atom is 0.328 e. The molecule has 1 aliphatic rings. The Balaban J connectivity index is 2.30. The van der Waals surface area contributed by atoms with Crippen LogP contribution in [-0.2, 0) is 9.53 Å². The summed E-state index contributed by atoms with van der Waals surface area (Å²) in [5.41, 5.74) is -0.279. The molecule has 16 heavy (non-hydrogen) atoms. The molecule has 2 rings (SSSR count). The van der Waals surface area contributed by atoms with E-state index < -0.39 is 0 Å². The van der Waals surface area contributed by atoms with Gasteiger partial charge in [0.15, 0.2) is 5.82 Å². The fraction of sp³-hybridized carbons (Fsp3) is 0.500. The summed E-state index contributed by atoms with van der Waals surface area (Å²) >= 11 is 0. The van der Waals surface area contributed by atoms with E-state index in [1.165, 1.54) is 19.5 Å². The molecule has 0 radical (unpaired) electrons. The lowest BCUT2D eigenvalue weighted by molar-refractivity contribution is -0.141. The predicted octanol–water partition coefficient (Wildman–Crippen LogP) is -0.0883. The zero-order valence-corrected chi connectivity index (χ0v) is 8.97. The van der Waals surface area contributed by atoms with Gasteiger partial charge < -0.3 is 14.6 Å². The minimum absolute atomic E-state index is 0.279. The molecule has 86 valence electrons. The van der Waals surface area contributed by atoms with Crippen LogP contribution in [0.3, 0.4) is 0 Å². The molecule has 2 heterocycles. The average molecular weight is 223 g/mol. The Morgan fingerprint density at radius 3 is 3.19 bits per heavy atom. The summed E-state index contributed by atoms with van der Waals surface area (Å²) in [6.07, 6.45) is 4.52. The second kappa shape index (κ2) is 4.34. The maximum atomic E-state index is 11.6. The van der Waals surface area contributed by atoms with Crippen LogP contribution in [0.2, 0.25) is 0 Å². The summed E-state index contributed by atoms with van der Waals surface area (Å²) in [6.45, 7) is 0.653. The van der Waals surface area contributed by atoms with Crippen molar-refractivity contribution in [3.8, 4) is 0 Å². The van der Waals surface area contributed by atoms with Gasteiger partial charge in [0, 0.05) is 18.9 Å².